The van der Waals surface area contributed by atoms with Crippen LogP contribution in [0.5, 0.6) is 0 Å². The van der Waals surface area contributed by atoms with Gasteiger partial charge in [0.25, 0.3) is 0 Å². The van der Waals surface area contributed by atoms with E-state index in [0.717, 1.165) is 27.1 Å². The summed E-state index contributed by atoms with van der Waals surface area (Å²) in [6, 6.07) is 6.53. The minimum absolute atomic E-state index is 0.518. The van der Waals surface area contributed by atoms with Crippen molar-refractivity contribution in [1.82, 2.24) is 9.97 Å². The van der Waals surface area contributed by atoms with E-state index < -0.39 is 0 Å². The summed E-state index contributed by atoms with van der Waals surface area (Å²) in [7, 11) is 0. The number of hydrogen-bond donors (Lipinski definition) is 1. The highest BCUT2D eigenvalue weighted by molar-refractivity contribution is 9.10. The van der Waals surface area contributed by atoms with Crippen molar-refractivity contribution in [1.29, 1.82) is 0 Å². The summed E-state index contributed by atoms with van der Waals surface area (Å²) in [5.74, 6) is 3.12. The normalized spacial score (nSPS) is 19.7. The van der Waals surface area contributed by atoms with Gasteiger partial charge in [-0.05, 0) is 24.3 Å². The zero-order valence-electron chi connectivity index (χ0n) is 9.19. The lowest BCUT2D eigenvalue weighted by Crippen LogP contribution is -2.19. The first kappa shape index (κ1) is 11.3. The van der Waals surface area contributed by atoms with E-state index in [0.29, 0.717) is 6.04 Å². The highest BCUT2D eigenvalue weighted by atomic mass is 79.9. The number of halogens is 1. The highest BCUT2D eigenvalue weighted by Gasteiger charge is 2.16. The third-order valence-electron chi connectivity index (χ3n) is 2.84. The molecule has 0 bridgehead atoms. The van der Waals surface area contributed by atoms with Crippen LogP contribution in [-0.4, -0.2) is 27.5 Å². The molecular formula is C12H12BrN3S. The minimum Gasteiger partial charge on any atom is -0.351 e. The Morgan fingerprint density at radius 1 is 1.41 bits per heavy atom. The first-order valence-corrected chi connectivity index (χ1v) is 7.53. The van der Waals surface area contributed by atoms with Gasteiger partial charge in [0.05, 0.1) is 5.52 Å². The van der Waals surface area contributed by atoms with E-state index in [-0.39, 0.29) is 0 Å². The second-order valence-corrected chi connectivity index (χ2v) is 6.08. The van der Waals surface area contributed by atoms with Gasteiger partial charge < -0.3 is 5.32 Å². The van der Waals surface area contributed by atoms with E-state index in [1.807, 2.05) is 36.2 Å². The lowest BCUT2D eigenvalue weighted by molar-refractivity contribution is 0.800. The molecule has 5 heteroatoms. The molecule has 1 N–H and O–H groups in total. The Kier molecular flexibility index (Phi) is 3.20. The molecule has 1 aliphatic rings. The third kappa shape index (κ3) is 2.40. The van der Waals surface area contributed by atoms with E-state index in [1.165, 1.54) is 12.2 Å². The van der Waals surface area contributed by atoms with Crippen LogP contribution in [0.4, 0.5) is 5.95 Å². The quantitative estimate of drug-likeness (QED) is 0.923. The van der Waals surface area contributed by atoms with Crippen LogP contribution in [-0.2, 0) is 0 Å². The molecule has 2 aromatic rings. The molecular weight excluding hydrogens is 298 g/mol. The van der Waals surface area contributed by atoms with Crippen LogP contribution < -0.4 is 5.32 Å². The Hall–Kier alpha value is -0.810. The predicted molar refractivity (Wildman–Crippen MR) is 76.6 cm³/mol. The van der Waals surface area contributed by atoms with Crippen molar-refractivity contribution in [3.8, 4) is 0 Å². The van der Waals surface area contributed by atoms with Gasteiger partial charge in [0.15, 0.2) is 0 Å². The molecule has 17 heavy (non-hydrogen) atoms. The molecule has 1 saturated heterocycles. The number of nitrogens with one attached hydrogen (secondary N) is 1. The lowest BCUT2D eigenvalue weighted by Gasteiger charge is -2.11. The number of fused-ring (bicyclic) bond motifs is 1. The number of benzene rings is 1. The van der Waals surface area contributed by atoms with Crippen LogP contribution in [0.2, 0.25) is 0 Å². The number of anilines is 1. The fourth-order valence-electron chi connectivity index (χ4n) is 1.92. The Morgan fingerprint density at radius 3 is 3.18 bits per heavy atom. The van der Waals surface area contributed by atoms with Crippen molar-refractivity contribution in [2.75, 3.05) is 16.8 Å². The van der Waals surface area contributed by atoms with Gasteiger partial charge in [0.1, 0.15) is 0 Å². The smallest absolute Gasteiger partial charge is 0.223 e. The average molecular weight is 310 g/mol. The molecule has 0 aliphatic carbocycles. The van der Waals surface area contributed by atoms with E-state index in [2.05, 4.69) is 31.2 Å². The molecule has 0 saturated carbocycles. The second-order valence-electron chi connectivity index (χ2n) is 4.07. The summed E-state index contributed by atoms with van der Waals surface area (Å²) in [5, 5.41) is 4.45. The predicted octanol–water partition coefficient (Wildman–Crippen LogP) is 3.31. The van der Waals surface area contributed by atoms with E-state index in [9.17, 15) is 0 Å². The zero-order chi connectivity index (χ0) is 11.7. The van der Waals surface area contributed by atoms with E-state index in [4.69, 9.17) is 0 Å². The van der Waals surface area contributed by atoms with Crippen LogP contribution in [0.3, 0.4) is 0 Å². The summed E-state index contributed by atoms with van der Waals surface area (Å²) in [5.41, 5.74) is 0.975. The molecule has 1 unspecified atom stereocenters. The summed E-state index contributed by atoms with van der Waals surface area (Å²) in [4.78, 5) is 8.91. The number of aromatic nitrogens is 2. The van der Waals surface area contributed by atoms with Gasteiger partial charge in [-0.15, -0.1) is 0 Å². The Balaban J connectivity index is 1.90. The van der Waals surface area contributed by atoms with Crippen LogP contribution in [0.25, 0.3) is 10.9 Å². The van der Waals surface area contributed by atoms with E-state index in [1.54, 1.807) is 0 Å². The molecule has 0 spiro atoms. The maximum absolute atomic E-state index is 4.54. The van der Waals surface area contributed by atoms with Crippen molar-refractivity contribution < 1.29 is 0 Å². The highest BCUT2D eigenvalue weighted by Crippen LogP contribution is 2.24. The first-order valence-electron chi connectivity index (χ1n) is 5.58. The fraction of sp³-hybridized carbons (Fsp3) is 0.333. The number of rotatable bonds is 2. The Bertz CT molecular complexity index is 540. The van der Waals surface area contributed by atoms with Crippen LogP contribution in [0, 0.1) is 0 Å². The van der Waals surface area contributed by atoms with Crippen molar-refractivity contribution in [3.05, 3.63) is 28.9 Å². The van der Waals surface area contributed by atoms with Gasteiger partial charge in [0.2, 0.25) is 5.95 Å². The van der Waals surface area contributed by atoms with Gasteiger partial charge in [-0.3, -0.25) is 0 Å². The van der Waals surface area contributed by atoms with Crippen LogP contribution in [0.1, 0.15) is 6.42 Å². The molecule has 88 valence electrons. The molecule has 3 rings (SSSR count). The van der Waals surface area contributed by atoms with Crippen molar-refractivity contribution >= 4 is 44.5 Å². The molecule has 1 aromatic carbocycles. The Morgan fingerprint density at radius 2 is 2.35 bits per heavy atom. The molecule has 2 heterocycles. The summed E-state index contributed by atoms with van der Waals surface area (Å²) >= 11 is 5.49. The second kappa shape index (κ2) is 4.82. The topological polar surface area (TPSA) is 37.8 Å². The van der Waals surface area contributed by atoms with Gasteiger partial charge in [-0.1, -0.05) is 22.0 Å². The SMILES string of the molecule is Brc1cccc2nc(NC3CCSC3)ncc12. The maximum atomic E-state index is 4.54. The molecule has 1 atom stereocenters. The fourth-order valence-corrected chi connectivity index (χ4v) is 3.53. The molecule has 1 aliphatic heterocycles. The molecule has 3 nitrogen and oxygen atoms in total. The standard InChI is InChI=1S/C12H12BrN3S/c13-10-2-1-3-11-9(10)6-14-12(16-11)15-8-4-5-17-7-8/h1-3,6,8H,4-5,7H2,(H,14,15,16). The summed E-state index contributed by atoms with van der Waals surface area (Å²) < 4.78 is 1.04. The first-order chi connectivity index (χ1) is 8.33. The van der Waals surface area contributed by atoms with Crippen LogP contribution in [0.15, 0.2) is 28.9 Å². The van der Waals surface area contributed by atoms with E-state index >= 15 is 0 Å². The average Bonchev–Trinajstić information content (AvgIpc) is 2.82. The third-order valence-corrected chi connectivity index (χ3v) is 4.69. The molecule has 1 aromatic heterocycles. The van der Waals surface area contributed by atoms with Gasteiger partial charge in [-0.2, -0.15) is 11.8 Å². The zero-order valence-corrected chi connectivity index (χ0v) is 11.6. The monoisotopic (exact) mass is 309 g/mol. The summed E-state index contributed by atoms with van der Waals surface area (Å²) in [6.07, 6.45) is 3.07. The number of thioether (sulfide) groups is 1. The number of nitrogens with zero attached hydrogens (tertiary/aromatic N) is 2. The van der Waals surface area contributed by atoms with Crippen molar-refractivity contribution in [2.45, 2.75) is 12.5 Å². The van der Waals surface area contributed by atoms with Crippen molar-refractivity contribution in [3.63, 3.8) is 0 Å². The number of hydrogen-bond acceptors (Lipinski definition) is 4. The van der Waals surface area contributed by atoms with Gasteiger partial charge in [-0.25, -0.2) is 9.97 Å². The molecule has 0 amide bonds. The summed E-state index contributed by atoms with van der Waals surface area (Å²) in [6.45, 7) is 0. The molecule has 1 fully saturated rings. The minimum atomic E-state index is 0.518. The lowest BCUT2D eigenvalue weighted by atomic mass is 10.2. The van der Waals surface area contributed by atoms with Gasteiger partial charge >= 0.3 is 0 Å². The molecule has 0 radical (unpaired) electrons. The largest absolute Gasteiger partial charge is 0.351 e. The Labute approximate surface area is 113 Å². The van der Waals surface area contributed by atoms with Crippen LogP contribution >= 0.6 is 27.7 Å². The van der Waals surface area contributed by atoms with Gasteiger partial charge in [0, 0.05) is 27.9 Å². The maximum Gasteiger partial charge on any atom is 0.223 e. The van der Waals surface area contributed by atoms with Crippen molar-refractivity contribution in [2.24, 2.45) is 0 Å².